The molecule has 0 unspecified atom stereocenters. The lowest BCUT2D eigenvalue weighted by atomic mass is 9.95. The number of rotatable bonds is 2. The number of halogens is 2. The summed E-state index contributed by atoms with van der Waals surface area (Å²) < 4.78 is 11.4. The molecule has 0 spiro atoms. The fraction of sp³-hybridized carbons (Fsp3) is 0.400. The van der Waals surface area contributed by atoms with Crippen molar-refractivity contribution in [3.63, 3.8) is 0 Å². The molecule has 4 heteroatoms. The van der Waals surface area contributed by atoms with Crippen LogP contribution in [-0.2, 0) is 9.61 Å². The Morgan fingerprint density at radius 2 is 2.21 bits per heavy atom. The fourth-order valence-electron chi connectivity index (χ4n) is 1.47. The van der Waals surface area contributed by atoms with Gasteiger partial charge in [0.25, 0.3) is 0 Å². The molecule has 1 saturated heterocycles. The van der Waals surface area contributed by atoms with Crippen molar-refractivity contribution >= 4 is 27.5 Å². The molecule has 2 nitrogen and oxygen atoms in total. The van der Waals surface area contributed by atoms with Crippen LogP contribution in [0.1, 0.15) is 5.56 Å². The van der Waals surface area contributed by atoms with Crippen LogP contribution in [-0.4, -0.2) is 20.3 Å². The minimum atomic E-state index is -0.397. The lowest BCUT2D eigenvalue weighted by Crippen LogP contribution is -2.41. The number of hydrogen-bond acceptors (Lipinski definition) is 2. The Labute approximate surface area is 96.3 Å². The minimum Gasteiger partial charge on any atom is -0.496 e. The van der Waals surface area contributed by atoms with Crippen molar-refractivity contribution in [1.29, 1.82) is 0 Å². The lowest BCUT2D eigenvalue weighted by Gasteiger charge is -2.36. The highest BCUT2D eigenvalue weighted by atomic mass is 79.9. The van der Waals surface area contributed by atoms with Gasteiger partial charge in [-0.2, -0.15) is 0 Å². The van der Waals surface area contributed by atoms with Gasteiger partial charge in [-0.1, -0.05) is 22.0 Å². The number of hydrogen-bond donors (Lipinski definition) is 0. The quantitative estimate of drug-likeness (QED) is 0.774. The van der Waals surface area contributed by atoms with E-state index in [9.17, 15) is 0 Å². The maximum atomic E-state index is 6.35. The van der Waals surface area contributed by atoms with E-state index in [0.717, 1.165) is 15.8 Å². The zero-order valence-corrected chi connectivity index (χ0v) is 10.1. The molecule has 0 saturated carbocycles. The van der Waals surface area contributed by atoms with Gasteiger partial charge in [-0.3, -0.25) is 0 Å². The number of alkyl halides is 1. The summed E-state index contributed by atoms with van der Waals surface area (Å²) in [7, 11) is 1.64. The van der Waals surface area contributed by atoms with Gasteiger partial charge in [-0.15, -0.1) is 11.6 Å². The lowest BCUT2D eigenvalue weighted by molar-refractivity contribution is -0.0161. The maximum absolute atomic E-state index is 6.35. The summed E-state index contributed by atoms with van der Waals surface area (Å²) >= 11 is 9.74. The molecule has 0 aromatic heterocycles. The molecule has 0 bridgehead atoms. The van der Waals surface area contributed by atoms with E-state index in [1.165, 1.54) is 0 Å². The van der Waals surface area contributed by atoms with E-state index >= 15 is 0 Å². The molecular weight excluding hydrogens is 267 g/mol. The highest BCUT2D eigenvalue weighted by Crippen LogP contribution is 2.42. The van der Waals surface area contributed by atoms with Crippen molar-refractivity contribution in [2.24, 2.45) is 0 Å². The molecule has 1 aromatic rings. The van der Waals surface area contributed by atoms with Crippen LogP contribution >= 0.6 is 27.5 Å². The van der Waals surface area contributed by atoms with Gasteiger partial charge < -0.3 is 9.47 Å². The predicted octanol–water partition coefficient (Wildman–Crippen LogP) is 2.92. The monoisotopic (exact) mass is 276 g/mol. The van der Waals surface area contributed by atoms with Crippen molar-refractivity contribution in [2.75, 3.05) is 20.3 Å². The van der Waals surface area contributed by atoms with Crippen LogP contribution in [0.15, 0.2) is 22.7 Å². The molecule has 76 valence electrons. The summed E-state index contributed by atoms with van der Waals surface area (Å²) in [6, 6.07) is 5.84. The Morgan fingerprint density at radius 1 is 1.50 bits per heavy atom. The molecule has 2 rings (SSSR count). The Bertz CT molecular complexity index is 350. The van der Waals surface area contributed by atoms with Crippen molar-refractivity contribution in [3.8, 4) is 5.75 Å². The normalized spacial score (nSPS) is 18.8. The zero-order valence-electron chi connectivity index (χ0n) is 7.72. The first-order chi connectivity index (χ1) is 6.65. The van der Waals surface area contributed by atoms with E-state index in [4.69, 9.17) is 21.1 Å². The van der Waals surface area contributed by atoms with Crippen LogP contribution in [0.5, 0.6) is 5.75 Å². The third-order valence-corrected chi connectivity index (χ3v) is 3.22. The van der Waals surface area contributed by atoms with Gasteiger partial charge in [0.2, 0.25) is 0 Å². The zero-order chi connectivity index (χ0) is 10.2. The summed E-state index contributed by atoms with van der Waals surface area (Å²) in [6.45, 7) is 1.10. The average molecular weight is 278 g/mol. The summed E-state index contributed by atoms with van der Waals surface area (Å²) in [4.78, 5) is -0.397. The SMILES string of the molecule is COc1cc(Br)ccc1C1(Cl)COC1. The number of ether oxygens (including phenoxy) is 2. The van der Waals surface area contributed by atoms with Crippen LogP contribution < -0.4 is 4.74 Å². The smallest absolute Gasteiger partial charge is 0.125 e. The van der Waals surface area contributed by atoms with E-state index in [2.05, 4.69) is 15.9 Å². The second kappa shape index (κ2) is 3.72. The van der Waals surface area contributed by atoms with Gasteiger partial charge in [0.1, 0.15) is 10.6 Å². The summed E-state index contributed by atoms with van der Waals surface area (Å²) in [5, 5.41) is 0. The van der Waals surface area contributed by atoms with Gasteiger partial charge in [0.15, 0.2) is 0 Å². The molecule has 14 heavy (non-hydrogen) atoms. The molecule has 0 aliphatic carbocycles. The average Bonchev–Trinajstić information content (AvgIpc) is 2.14. The van der Waals surface area contributed by atoms with Crippen LogP contribution in [0.4, 0.5) is 0 Å². The highest BCUT2D eigenvalue weighted by molar-refractivity contribution is 9.10. The van der Waals surface area contributed by atoms with E-state index in [0.29, 0.717) is 13.2 Å². The molecule has 1 heterocycles. The third-order valence-electron chi connectivity index (χ3n) is 2.31. The Kier molecular flexibility index (Phi) is 2.73. The summed E-state index contributed by atoms with van der Waals surface area (Å²) in [5.41, 5.74) is 0.996. The van der Waals surface area contributed by atoms with Crippen molar-refractivity contribution in [2.45, 2.75) is 4.87 Å². The van der Waals surface area contributed by atoms with Crippen LogP contribution in [0.2, 0.25) is 0 Å². The van der Waals surface area contributed by atoms with E-state index in [-0.39, 0.29) is 0 Å². The molecule has 1 fully saturated rings. The third kappa shape index (κ3) is 1.64. The Morgan fingerprint density at radius 3 is 2.71 bits per heavy atom. The van der Waals surface area contributed by atoms with Gasteiger partial charge in [-0.05, 0) is 12.1 Å². The molecule has 0 atom stereocenters. The first-order valence-electron chi connectivity index (χ1n) is 4.26. The molecule has 1 aliphatic heterocycles. The van der Waals surface area contributed by atoms with Gasteiger partial charge in [0.05, 0.1) is 20.3 Å². The largest absolute Gasteiger partial charge is 0.496 e. The van der Waals surface area contributed by atoms with Crippen molar-refractivity contribution < 1.29 is 9.47 Å². The van der Waals surface area contributed by atoms with Crippen molar-refractivity contribution in [1.82, 2.24) is 0 Å². The minimum absolute atomic E-state index is 0.397. The highest BCUT2D eigenvalue weighted by Gasteiger charge is 2.40. The van der Waals surface area contributed by atoms with Gasteiger partial charge >= 0.3 is 0 Å². The van der Waals surface area contributed by atoms with Crippen molar-refractivity contribution in [3.05, 3.63) is 28.2 Å². The Balaban J connectivity index is 2.41. The van der Waals surface area contributed by atoms with E-state index in [1.807, 2.05) is 18.2 Å². The van der Waals surface area contributed by atoms with E-state index in [1.54, 1.807) is 7.11 Å². The predicted molar refractivity (Wildman–Crippen MR) is 59.0 cm³/mol. The topological polar surface area (TPSA) is 18.5 Å². The Hall–Kier alpha value is -0.250. The number of benzene rings is 1. The van der Waals surface area contributed by atoms with Crippen LogP contribution in [0.3, 0.4) is 0 Å². The van der Waals surface area contributed by atoms with Gasteiger partial charge in [-0.25, -0.2) is 0 Å². The first-order valence-corrected chi connectivity index (χ1v) is 5.43. The van der Waals surface area contributed by atoms with Crippen LogP contribution in [0.25, 0.3) is 0 Å². The molecule has 1 aromatic carbocycles. The maximum Gasteiger partial charge on any atom is 0.125 e. The molecule has 1 aliphatic rings. The van der Waals surface area contributed by atoms with Gasteiger partial charge in [0, 0.05) is 10.0 Å². The van der Waals surface area contributed by atoms with E-state index < -0.39 is 4.87 Å². The second-order valence-electron chi connectivity index (χ2n) is 3.30. The summed E-state index contributed by atoms with van der Waals surface area (Å²) in [5.74, 6) is 0.803. The number of methoxy groups -OCH3 is 1. The molecule has 0 N–H and O–H groups in total. The molecular formula is C10H10BrClO2. The fourth-order valence-corrected chi connectivity index (χ4v) is 2.12. The standard InChI is InChI=1S/C10H10BrClO2/c1-13-9-4-7(11)2-3-8(9)10(12)5-14-6-10/h2-4H,5-6H2,1H3. The molecule has 0 amide bonds. The summed E-state index contributed by atoms with van der Waals surface area (Å²) in [6.07, 6.45) is 0. The molecule has 0 radical (unpaired) electrons. The first kappa shape index (κ1) is 10.3. The second-order valence-corrected chi connectivity index (χ2v) is 4.94. The van der Waals surface area contributed by atoms with Crippen LogP contribution in [0, 0.1) is 0 Å².